The van der Waals surface area contributed by atoms with Crippen LogP contribution in [-0.2, 0) is 11.2 Å². The quantitative estimate of drug-likeness (QED) is 0.844. The molecule has 0 aliphatic carbocycles. The number of benzene rings is 2. The fourth-order valence-corrected chi connectivity index (χ4v) is 2.78. The molecule has 2 aromatic carbocycles. The van der Waals surface area contributed by atoms with Gasteiger partial charge in [0.2, 0.25) is 0 Å². The van der Waals surface area contributed by atoms with Crippen molar-refractivity contribution < 1.29 is 4.74 Å². The molecule has 0 saturated heterocycles. The highest BCUT2D eigenvalue weighted by Crippen LogP contribution is 2.26. The number of methoxy groups -OCH3 is 1. The molecule has 4 heteroatoms. The van der Waals surface area contributed by atoms with Gasteiger partial charge in [0.05, 0.1) is 16.1 Å². The Labute approximate surface area is 136 Å². The van der Waals surface area contributed by atoms with Gasteiger partial charge < -0.3 is 10.1 Å². The van der Waals surface area contributed by atoms with Crippen LogP contribution in [0.2, 0.25) is 10.0 Å². The second-order valence-corrected chi connectivity index (χ2v) is 5.73. The SMILES string of the molecule is CNC(Cc1ccc(Cl)c(Cl)c1)C(OC)c1ccccc1. The standard InChI is InChI=1S/C17H19Cl2NO/c1-20-16(11-12-8-9-14(18)15(19)10-12)17(21-2)13-6-4-3-5-7-13/h3-10,16-17,20H,11H2,1-2H3. The minimum absolute atomic E-state index is 0.0225. The molecule has 0 aliphatic rings. The Kier molecular flexibility index (Phi) is 6.07. The van der Waals surface area contributed by atoms with E-state index in [9.17, 15) is 0 Å². The van der Waals surface area contributed by atoms with Crippen molar-refractivity contribution in [1.29, 1.82) is 0 Å². The number of hydrogen-bond donors (Lipinski definition) is 1. The van der Waals surface area contributed by atoms with Gasteiger partial charge in [-0.2, -0.15) is 0 Å². The van der Waals surface area contributed by atoms with Crippen molar-refractivity contribution in [1.82, 2.24) is 5.32 Å². The summed E-state index contributed by atoms with van der Waals surface area (Å²) in [5, 5.41) is 4.49. The van der Waals surface area contributed by atoms with Gasteiger partial charge in [0.1, 0.15) is 0 Å². The number of likely N-dealkylation sites (N-methyl/N-ethyl adjacent to an activating group) is 1. The van der Waals surface area contributed by atoms with Crippen LogP contribution in [0.4, 0.5) is 0 Å². The van der Waals surface area contributed by atoms with Crippen LogP contribution in [0.5, 0.6) is 0 Å². The molecule has 0 radical (unpaired) electrons. The van der Waals surface area contributed by atoms with Crippen LogP contribution in [0.15, 0.2) is 48.5 Å². The molecule has 0 saturated carbocycles. The molecule has 0 aromatic heterocycles. The number of nitrogens with one attached hydrogen (secondary N) is 1. The predicted octanol–water partition coefficient (Wildman–Crippen LogP) is 4.51. The van der Waals surface area contributed by atoms with E-state index in [1.165, 1.54) is 0 Å². The highest BCUT2D eigenvalue weighted by Gasteiger charge is 2.22. The fraction of sp³-hybridized carbons (Fsp3) is 0.294. The summed E-state index contributed by atoms with van der Waals surface area (Å²) in [7, 11) is 3.67. The average molecular weight is 324 g/mol. The third-order valence-corrected chi connectivity index (χ3v) is 4.30. The highest BCUT2D eigenvalue weighted by molar-refractivity contribution is 6.42. The van der Waals surface area contributed by atoms with Crippen molar-refractivity contribution in [2.75, 3.05) is 14.2 Å². The van der Waals surface area contributed by atoms with Gasteiger partial charge in [-0.25, -0.2) is 0 Å². The molecule has 112 valence electrons. The maximum absolute atomic E-state index is 6.09. The molecule has 0 heterocycles. The Balaban J connectivity index is 2.19. The molecule has 1 N–H and O–H groups in total. The Bertz CT molecular complexity index is 574. The van der Waals surface area contributed by atoms with Crippen molar-refractivity contribution >= 4 is 23.2 Å². The molecule has 0 aliphatic heterocycles. The lowest BCUT2D eigenvalue weighted by Crippen LogP contribution is -2.35. The summed E-state index contributed by atoms with van der Waals surface area (Å²) in [4.78, 5) is 0. The van der Waals surface area contributed by atoms with Crippen molar-refractivity contribution in [3.05, 3.63) is 69.7 Å². The molecular formula is C17H19Cl2NO. The lowest BCUT2D eigenvalue weighted by atomic mass is 9.96. The first-order valence-corrected chi connectivity index (χ1v) is 7.60. The number of hydrogen-bond acceptors (Lipinski definition) is 2. The summed E-state index contributed by atoms with van der Waals surface area (Å²) in [6.07, 6.45) is 0.784. The van der Waals surface area contributed by atoms with Crippen LogP contribution in [0, 0.1) is 0 Å². The first kappa shape index (κ1) is 16.3. The second-order valence-electron chi connectivity index (χ2n) is 4.91. The van der Waals surface area contributed by atoms with Crippen LogP contribution in [0.25, 0.3) is 0 Å². The lowest BCUT2D eigenvalue weighted by Gasteiger charge is -2.26. The fourth-order valence-electron chi connectivity index (χ4n) is 2.46. The van der Waals surface area contributed by atoms with E-state index >= 15 is 0 Å². The first-order chi connectivity index (χ1) is 10.2. The molecule has 2 unspecified atom stereocenters. The van der Waals surface area contributed by atoms with Gasteiger partial charge in [0, 0.05) is 13.2 Å². The van der Waals surface area contributed by atoms with Gasteiger partial charge in [-0.15, -0.1) is 0 Å². The van der Waals surface area contributed by atoms with Crippen LogP contribution < -0.4 is 5.32 Å². The van der Waals surface area contributed by atoms with Gasteiger partial charge in [0.25, 0.3) is 0 Å². The van der Waals surface area contributed by atoms with Crippen LogP contribution >= 0.6 is 23.2 Å². The van der Waals surface area contributed by atoms with E-state index in [0.29, 0.717) is 10.0 Å². The van der Waals surface area contributed by atoms with Gasteiger partial charge in [-0.1, -0.05) is 59.6 Å². The summed E-state index contributed by atoms with van der Waals surface area (Å²) in [6.45, 7) is 0. The van der Waals surface area contributed by atoms with E-state index in [0.717, 1.165) is 17.5 Å². The van der Waals surface area contributed by atoms with Crippen LogP contribution in [0.3, 0.4) is 0 Å². The van der Waals surface area contributed by atoms with E-state index < -0.39 is 0 Å². The first-order valence-electron chi connectivity index (χ1n) is 6.84. The monoisotopic (exact) mass is 323 g/mol. The molecule has 0 bridgehead atoms. The Hall–Kier alpha value is -1.06. The zero-order chi connectivity index (χ0) is 15.2. The number of rotatable bonds is 6. The molecule has 0 amide bonds. The van der Waals surface area contributed by atoms with Crippen molar-refractivity contribution in [2.45, 2.75) is 18.6 Å². The van der Waals surface area contributed by atoms with Crippen molar-refractivity contribution in [2.24, 2.45) is 0 Å². The third kappa shape index (κ3) is 4.21. The highest BCUT2D eigenvalue weighted by atomic mass is 35.5. The Morgan fingerprint density at radius 3 is 2.33 bits per heavy atom. The maximum Gasteiger partial charge on any atom is 0.0977 e. The van der Waals surface area contributed by atoms with Crippen LogP contribution in [0.1, 0.15) is 17.2 Å². The topological polar surface area (TPSA) is 21.3 Å². The van der Waals surface area contributed by atoms with E-state index in [1.807, 2.05) is 43.4 Å². The Morgan fingerprint density at radius 2 is 1.76 bits per heavy atom. The zero-order valence-corrected chi connectivity index (χ0v) is 13.7. The normalized spacial score (nSPS) is 13.9. The van der Waals surface area contributed by atoms with Gasteiger partial charge >= 0.3 is 0 Å². The Morgan fingerprint density at radius 1 is 1.05 bits per heavy atom. The summed E-state index contributed by atoms with van der Waals surface area (Å²) in [6, 6.07) is 16.1. The third-order valence-electron chi connectivity index (χ3n) is 3.56. The maximum atomic E-state index is 6.09. The van der Waals surface area contributed by atoms with Crippen molar-refractivity contribution in [3.63, 3.8) is 0 Å². The summed E-state index contributed by atoms with van der Waals surface area (Å²) in [5.74, 6) is 0. The molecule has 2 nitrogen and oxygen atoms in total. The number of ether oxygens (including phenoxy) is 1. The molecule has 0 spiro atoms. The summed E-state index contributed by atoms with van der Waals surface area (Å²) < 4.78 is 5.69. The predicted molar refractivity (Wildman–Crippen MR) is 89.2 cm³/mol. The van der Waals surface area contributed by atoms with E-state index in [1.54, 1.807) is 7.11 Å². The van der Waals surface area contributed by atoms with Gasteiger partial charge in [0.15, 0.2) is 0 Å². The average Bonchev–Trinajstić information content (AvgIpc) is 2.51. The largest absolute Gasteiger partial charge is 0.375 e. The second kappa shape index (κ2) is 7.81. The molecule has 21 heavy (non-hydrogen) atoms. The zero-order valence-electron chi connectivity index (χ0n) is 12.1. The molecule has 2 aromatic rings. The summed E-state index contributed by atoms with van der Waals surface area (Å²) >= 11 is 12.1. The summed E-state index contributed by atoms with van der Waals surface area (Å²) in [5.41, 5.74) is 2.28. The van der Waals surface area contributed by atoms with E-state index in [2.05, 4.69) is 17.4 Å². The minimum Gasteiger partial charge on any atom is -0.375 e. The van der Waals surface area contributed by atoms with Gasteiger partial charge in [-0.3, -0.25) is 0 Å². The smallest absolute Gasteiger partial charge is 0.0977 e. The van der Waals surface area contributed by atoms with Crippen LogP contribution in [-0.4, -0.2) is 20.2 Å². The van der Waals surface area contributed by atoms with Crippen molar-refractivity contribution in [3.8, 4) is 0 Å². The molecule has 2 atom stereocenters. The molecule has 0 fully saturated rings. The van der Waals surface area contributed by atoms with Gasteiger partial charge in [-0.05, 0) is 36.7 Å². The number of halogens is 2. The molecule has 2 rings (SSSR count). The lowest BCUT2D eigenvalue weighted by molar-refractivity contribution is 0.0704. The van der Waals surface area contributed by atoms with E-state index in [4.69, 9.17) is 27.9 Å². The van der Waals surface area contributed by atoms with E-state index in [-0.39, 0.29) is 12.1 Å². The minimum atomic E-state index is -0.0225. The molecular weight excluding hydrogens is 305 g/mol.